The van der Waals surface area contributed by atoms with Crippen molar-refractivity contribution in [1.29, 1.82) is 0 Å². The third kappa shape index (κ3) is 7.98. The summed E-state index contributed by atoms with van der Waals surface area (Å²) in [6, 6.07) is 7.47. The summed E-state index contributed by atoms with van der Waals surface area (Å²) in [4.78, 5) is 53.0. The van der Waals surface area contributed by atoms with Crippen molar-refractivity contribution in [3.05, 3.63) is 35.9 Å². The normalized spacial score (nSPS) is 18.0. The summed E-state index contributed by atoms with van der Waals surface area (Å²) in [5.74, 6) is -1.52. The molecular formula is C26H38N2O5. The SMILES string of the molecule is CC(C)CC(NC(=O)c1ccccc1)C(=O)CC(C)C(=O)N1CCC[C@H]1C(=O)OC(C)(C)C. The molecule has 7 nitrogen and oxygen atoms in total. The number of carbonyl (C=O) groups is 4. The van der Waals surface area contributed by atoms with Gasteiger partial charge in [-0.2, -0.15) is 0 Å². The highest BCUT2D eigenvalue weighted by Gasteiger charge is 2.39. The van der Waals surface area contributed by atoms with Crippen molar-refractivity contribution in [2.75, 3.05) is 6.54 Å². The van der Waals surface area contributed by atoms with E-state index >= 15 is 0 Å². The first-order chi connectivity index (χ1) is 15.4. The van der Waals surface area contributed by atoms with Gasteiger partial charge >= 0.3 is 5.97 Å². The fourth-order valence-electron chi connectivity index (χ4n) is 4.03. The van der Waals surface area contributed by atoms with Gasteiger partial charge in [0.15, 0.2) is 5.78 Å². The van der Waals surface area contributed by atoms with Crippen LogP contribution in [0.2, 0.25) is 0 Å². The molecule has 1 aliphatic rings. The number of ether oxygens (including phenoxy) is 1. The van der Waals surface area contributed by atoms with Crippen molar-refractivity contribution in [1.82, 2.24) is 10.2 Å². The molecule has 1 heterocycles. The number of hydrogen-bond acceptors (Lipinski definition) is 5. The predicted octanol–water partition coefficient (Wildman–Crippen LogP) is 3.76. The van der Waals surface area contributed by atoms with E-state index in [4.69, 9.17) is 4.74 Å². The molecule has 2 unspecified atom stereocenters. The molecule has 1 saturated heterocycles. The summed E-state index contributed by atoms with van der Waals surface area (Å²) >= 11 is 0. The molecule has 33 heavy (non-hydrogen) atoms. The molecule has 7 heteroatoms. The smallest absolute Gasteiger partial charge is 0.329 e. The molecule has 182 valence electrons. The maximum Gasteiger partial charge on any atom is 0.329 e. The van der Waals surface area contributed by atoms with Gasteiger partial charge in [0.25, 0.3) is 5.91 Å². The molecule has 0 spiro atoms. The molecule has 1 N–H and O–H groups in total. The van der Waals surface area contributed by atoms with Gasteiger partial charge in [-0.15, -0.1) is 0 Å². The number of rotatable bonds is 9. The lowest BCUT2D eigenvalue weighted by Crippen LogP contribution is -2.47. The first kappa shape index (κ1) is 26.6. The summed E-state index contributed by atoms with van der Waals surface area (Å²) in [7, 11) is 0. The summed E-state index contributed by atoms with van der Waals surface area (Å²) in [5, 5.41) is 2.84. The molecule has 1 fully saturated rings. The summed E-state index contributed by atoms with van der Waals surface area (Å²) in [5.41, 5.74) is -0.141. The van der Waals surface area contributed by atoms with Crippen molar-refractivity contribution >= 4 is 23.6 Å². The van der Waals surface area contributed by atoms with E-state index in [1.54, 1.807) is 56.9 Å². The molecule has 0 radical (unpaired) electrons. The Bertz CT molecular complexity index is 844. The lowest BCUT2D eigenvalue weighted by molar-refractivity contribution is -0.163. The van der Waals surface area contributed by atoms with Crippen LogP contribution in [0.15, 0.2) is 30.3 Å². The average Bonchev–Trinajstić information content (AvgIpc) is 3.21. The molecule has 1 aromatic carbocycles. The number of nitrogens with zero attached hydrogens (tertiary/aromatic N) is 1. The Morgan fingerprint density at radius 3 is 2.30 bits per heavy atom. The number of esters is 1. The second kappa shape index (κ2) is 11.4. The monoisotopic (exact) mass is 458 g/mol. The van der Waals surface area contributed by atoms with Gasteiger partial charge in [0.05, 0.1) is 6.04 Å². The Morgan fingerprint density at radius 2 is 1.73 bits per heavy atom. The van der Waals surface area contributed by atoms with Gasteiger partial charge in [0.2, 0.25) is 5.91 Å². The van der Waals surface area contributed by atoms with Crippen LogP contribution in [0.25, 0.3) is 0 Å². The predicted molar refractivity (Wildman–Crippen MR) is 127 cm³/mol. The van der Waals surface area contributed by atoms with Gasteiger partial charge in [-0.3, -0.25) is 14.4 Å². The maximum absolute atomic E-state index is 13.1. The molecule has 0 aromatic heterocycles. The van der Waals surface area contributed by atoms with Gasteiger partial charge < -0.3 is 15.0 Å². The number of amides is 2. The number of benzene rings is 1. The molecule has 2 amide bonds. The number of Topliss-reactive ketones (excluding diaryl/α,β-unsaturated/α-hetero) is 1. The van der Waals surface area contributed by atoms with E-state index in [-0.39, 0.29) is 29.9 Å². The minimum absolute atomic E-state index is 0.00281. The van der Waals surface area contributed by atoms with Crippen molar-refractivity contribution in [2.45, 2.75) is 84.9 Å². The molecule has 0 bridgehead atoms. The van der Waals surface area contributed by atoms with E-state index in [1.807, 2.05) is 19.9 Å². The maximum atomic E-state index is 13.1. The molecule has 1 aromatic rings. The molecular weight excluding hydrogens is 420 g/mol. The van der Waals surface area contributed by atoms with Crippen LogP contribution in [0.5, 0.6) is 0 Å². The van der Waals surface area contributed by atoms with Gasteiger partial charge in [0, 0.05) is 24.4 Å². The standard InChI is InChI=1S/C26H38N2O5/c1-17(2)15-20(27-23(30)19-11-8-7-9-12-19)22(29)16-18(3)24(31)28-14-10-13-21(28)25(32)33-26(4,5)6/h7-9,11-12,17-18,20-21H,10,13-16H2,1-6H3,(H,27,30)/t18?,20?,21-/m0/s1. The van der Waals surface area contributed by atoms with Gasteiger partial charge in [-0.05, 0) is 58.1 Å². The summed E-state index contributed by atoms with van der Waals surface area (Å²) < 4.78 is 5.48. The first-order valence-corrected chi connectivity index (χ1v) is 11.8. The topological polar surface area (TPSA) is 92.8 Å². The van der Waals surface area contributed by atoms with E-state index in [1.165, 1.54) is 0 Å². The van der Waals surface area contributed by atoms with E-state index < -0.39 is 29.6 Å². The second-order valence-electron chi connectivity index (χ2n) is 10.3. The molecule has 0 aliphatic carbocycles. The third-order valence-electron chi connectivity index (χ3n) is 5.58. The zero-order valence-electron chi connectivity index (χ0n) is 20.7. The van der Waals surface area contributed by atoms with Crippen LogP contribution in [-0.4, -0.2) is 52.7 Å². The van der Waals surface area contributed by atoms with Gasteiger partial charge in [0.1, 0.15) is 11.6 Å². The molecule has 2 rings (SSSR count). The van der Waals surface area contributed by atoms with Crippen LogP contribution in [0.1, 0.15) is 77.6 Å². The minimum Gasteiger partial charge on any atom is -0.458 e. The number of hydrogen-bond donors (Lipinski definition) is 1. The molecule has 1 aliphatic heterocycles. The number of ketones is 1. The fraction of sp³-hybridized carbons (Fsp3) is 0.615. The molecule has 3 atom stereocenters. The Hall–Kier alpha value is -2.70. The van der Waals surface area contributed by atoms with Crippen molar-refractivity contribution in [2.24, 2.45) is 11.8 Å². The Kier molecular flexibility index (Phi) is 9.20. The lowest BCUT2D eigenvalue weighted by atomic mass is 9.93. The zero-order valence-corrected chi connectivity index (χ0v) is 20.7. The van der Waals surface area contributed by atoms with Crippen LogP contribution >= 0.6 is 0 Å². The number of likely N-dealkylation sites (tertiary alicyclic amines) is 1. The minimum atomic E-state index is -0.673. The highest BCUT2D eigenvalue weighted by molar-refractivity contribution is 5.98. The zero-order chi connectivity index (χ0) is 24.8. The quantitative estimate of drug-likeness (QED) is 0.569. The highest BCUT2D eigenvalue weighted by atomic mass is 16.6. The second-order valence-corrected chi connectivity index (χ2v) is 10.3. The largest absolute Gasteiger partial charge is 0.458 e. The summed E-state index contributed by atoms with van der Waals surface area (Å²) in [6.07, 6.45) is 1.77. The van der Waals surface area contributed by atoms with Gasteiger partial charge in [-0.25, -0.2) is 4.79 Å². The highest BCUT2D eigenvalue weighted by Crippen LogP contribution is 2.24. The van der Waals surface area contributed by atoms with E-state index in [0.717, 1.165) is 6.42 Å². The first-order valence-electron chi connectivity index (χ1n) is 11.8. The summed E-state index contributed by atoms with van der Waals surface area (Å²) in [6.45, 7) is 11.5. The number of nitrogens with one attached hydrogen (secondary N) is 1. The van der Waals surface area contributed by atoms with E-state index in [9.17, 15) is 19.2 Å². The van der Waals surface area contributed by atoms with Crippen LogP contribution < -0.4 is 5.32 Å². The van der Waals surface area contributed by atoms with Gasteiger partial charge in [-0.1, -0.05) is 39.0 Å². The van der Waals surface area contributed by atoms with E-state index in [0.29, 0.717) is 24.9 Å². The van der Waals surface area contributed by atoms with Crippen LogP contribution in [0.3, 0.4) is 0 Å². The Labute approximate surface area is 197 Å². The van der Waals surface area contributed by atoms with Crippen molar-refractivity contribution < 1.29 is 23.9 Å². The van der Waals surface area contributed by atoms with Crippen LogP contribution in [-0.2, 0) is 19.1 Å². The van der Waals surface area contributed by atoms with Crippen LogP contribution in [0.4, 0.5) is 0 Å². The van der Waals surface area contributed by atoms with Crippen molar-refractivity contribution in [3.8, 4) is 0 Å². The fourth-order valence-corrected chi connectivity index (χ4v) is 4.03. The Balaban J connectivity index is 2.04. The third-order valence-corrected chi connectivity index (χ3v) is 5.58. The number of carbonyl (C=O) groups excluding carboxylic acids is 4. The van der Waals surface area contributed by atoms with Crippen molar-refractivity contribution in [3.63, 3.8) is 0 Å². The Morgan fingerprint density at radius 1 is 1.09 bits per heavy atom. The molecule has 0 saturated carbocycles. The average molecular weight is 459 g/mol. The lowest BCUT2D eigenvalue weighted by Gasteiger charge is -2.29. The van der Waals surface area contributed by atoms with E-state index in [2.05, 4.69) is 5.32 Å². The van der Waals surface area contributed by atoms with Crippen LogP contribution in [0, 0.1) is 11.8 Å².